The summed E-state index contributed by atoms with van der Waals surface area (Å²) in [5.74, 6) is 0.548. The van der Waals surface area contributed by atoms with Crippen molar-refractivity contribution in [2.24, 2.45) is 0 Å². The van der Waals surface area contributed by atoms with Crippen molar-refractivity contribution < 1.29 is 14.3 Å². The van der Waals surface area contributed by atoms with Crippen LogP contribution in [0.2, 0.25) is 0 Å². The van der Waals surface area contributed by atoms with Gasteiger partial charge in [0.15, 0.2) is 0 Å². The van der Waals surface area contributed by atoms with Crippen molar-refractivity contribution in [2.45, 2.75) is 39.0 Å². The topological polar surface area (TPSA) is 35.5 Å². The van der Waals surface area contributed by atoms with Crippen molar-refractivity contribution in [3.8, 4) is 5.75 Å². The summed E-state index contributed by atoms with van der Waals surface area (Å²) < 4.78 is 10.0. The maximum atomic E-state index is 11.5. The highest BCUT2D eigenvalue weighted by atomic mass is 16.5. The number of unbranched alkanes of at least 4 members (excludes halogenated alkanes) is 3. The SMILES string of the molecule is CCCCCCc1cc(C(=O)OC)ccc1OC. The first kappa shape index (κ1) is 14.6. The molecule has 0 amide bonds. The minimum atomic E-state index is -0.299. The van der Waals surface area contributed by atoms with Crippen LogP contribution in [0.3, 0.4) is 0 Å². The standard InChI is InChI=1S/C15H22O3/c1-4-5-6-7-8-12-11-13(15(16)18-3)9-10-14(12)17-2/h9-11H,4-8H2,1-3H3. The second kappa shape index (κ2) is 7.75. The first-order valence-electron chi connectivity index (χ1n) is 6.48. The molecule has 1 aromatic rings. The third kappa shape index (κ3) is 4.06. The monoisotopic (exact) mass is 250 g/mol. The molecular formula is C15H22O3. The Morgan fingerprint density at radius 2 is 1.94 bits per heavy atom. The highest BCUT2D eigenvalue weighted by Crippen LogP contribution is 2.22. The smallest absolute Gasteiger partial charge is 0.337 e. The normalized spacial score (nSPS) is 10.2. The molecule has 0 atom stereocenters. The van der Waals surface area contributed by atoms with Crippen LogP contribution in [0.15, 0.2) is 18.2 Å². The molecule has 0 heterocycles. The summed E-state index contributed by atoms with van der Waals surface area (Å²) >= 11 is 0. The average molecular weight is 250 g/mol. The van der Waals surface area contributed by atoms with Crippen LogP contribution < -0.4 is 4.74 Å². The van der Waals surface area contributed by atoms with Gasteiger partial charge in [0.2, 0.25) is 0 Å². The summed E-state index contributed by atoms with van der Waals surface area (Å²) in [6, 6.07) is 5.44. The van der Waals surface area contributed by atoms with E-state index >= 15 is 0 Å². The molecule has 0 radical (unpaired) electrons. The zero-order valence-corrected chi connectivity index (χ0v) is 11.5. The molecule has 1 aromatic carbocycles. The fourth-order valence-corrected chi connectivity index (χ4v) is 1.96. The Labute approximate surface area is 109 Å². The van der Waals surface area contributed by atoms with E-state index in [9.17, 15) is 4.79 Å². The first-order valence-corrected chi connectivity index (χ1v) is 6.48. The summed E-state index contributed by atoms with van der Waals surface area (Å²) in [4.78, 5) is 11.5. The van der Waals surface area contributed by atoms with Crippen LogP contribution in [0.5, 0.6) is 5.75 Å². The Balaban J connectivity index is 2.75. The van der Waals surface area contributed by atoms with E-state index in [4.69, 9.17) is 9.47 Å². The molecule has 0 aromatic heterocycles. The molecule has 18 heavy (non-hydrogen) atoms. The summed E-state index contributed by atoms with van der Waals surface area (Å²) in [5, 5.41) is 0. The number of hydrogen-bond acceptors (Lipinski definition) is 3. The van der Waals surface area contributed by atoms with Gasteiger partial charge in [-0.15, -0.1) is 0 Å². The van der Waals surface area contributed by atoms with E-state index in [2.05, 4.69) is 6.92 Å². The van der Waals surface area contributed by atoms with E-state index in [1.807, 2.05) is 12.1 Å². The van der Waals surface area contributed by atoms with Crippen molar-refractivity contribution in [1.82, 2.24) is 0 Å². The zero-order valence-electron chi connectivity index (χ0n) is 11.5. The lowest BCUT2D eigenvalue weighted by molar-refractivity contribution is 0.0600. The number of methoxy groups -OCH3 is 2. The van der Waals surface area contributed by atoms with Gasteiger partial charge in [0.25, 0.3) is 0 Å². The number of ether oxygens (including phenoxy) is 2. The van der Waals surface area contributed by atoms with Crippen molar-refractivity contribution in [3.63, 3.8) is 0 Å². The van der Waals surface area contributed by atoms with Gasteiger partial charge in [-0.3, -0.25) is 0 Å². The number of rotatable bonds is 7. The summed E-state index contributed by atoms with van der Waals surface area (Å²) in [6.45, 7) is 2.19. The maximum absolute atomic E-state index is 11.5. The van der Waals surface area contributed by atoms with Gasteiger partial charge in [0, 0.05) is 0 Å². The molecule has 0 aliphatic carbocycles. The maximum Gasteiger partial charge on any atom is 0.337 e. The van der Waals surface area contributed by atoms with E-state index in [-0.39, 0.29) is 5.97 Å². The number of carbonyl (C=O) groups excluding carboxylic acids is 1. The summed E-state index contributed by atoms with van der Waals surface area (Å²) in [6.07, 6.45) is 5.74. The number of esters is 1. The first-order chi connectivity index (χ1) is 8.72. The largest absolute Gasteiger partial charge is 0.496 e. The van der Waals surface area contributed by atoms with E-state index in [1.165, 1.54) is 26.4 Å². The Hall–Kier alpha value is -1.51. The molecule has 3 heteroatoms. The third-order valence-electron chi connectivity index (χ3n) is 3.00. The van der Waals surface area contributed by atoms with Crippen LogP contribution in [0.1, 0.15) is 48.5 Å². The Bertz CT molecular complexity index is 385. The number of carbonyl (C=O) groups is 1. The zero-order chi connectivity index (χ0) is 13.4. The molecule has 0 aliphatic heterocycles. The molecule has 0 spiro atoms. The number of aryl methyl sites for hydroxylation is 1. The molecule has 0 fully saturated rings. The number of hydrogen-bond donors (Lipinski definition) is 0. The van der Waals surface area contributed by atoms with Gasteiger partial charge in [-0.05, 0) is 36.6 Å². The molecule has 0 unspecified atom stereocenters. The van der Waals surface area contributed by atoms with Gasteiger partial charge in [-0.1, -0.05) is 26.2 Å². The average Bonchev–Trinajstić information content (AvgIpc) is 2.42. The van der Waals surface area contributed by atoms with Crippen LogP contribution in [0, 0.1) is 0 Å². The van der Waals surface area contributed by atoms with Crippen molar-refractivity contribution >= 4 is 5.97 Å². The summed E-state index contributed by atoms with van der Waals surface area (Å²) in [7, 11) is 3.05. The fraction of sp³-hybridized carbons (Fsp3) is 0.533. The molecule has 100 valence electrons. The molecule has 0 N–H and O–H groups in total. The minimum Gasteiger partial charge on any atom is -0.496 e. The van der Waals surface area contributed by atoms with Gasteiger partial charge in [0.1, 0.15) is 5.75 Å². The van der Waals surface area contributed by atoms with E-state index in [0.29, 0.717) is 5.56 Å². The summed E-state index contributed by atoms with van der Waals surface area (Å²) in [5.41, 5.74) is 1.67. The lowest BCUT2D eigenvalue weighted by atomic mass is 10.0. The molecular weight excluding hydrogens is 228 g/mol. The lowest BCUT2D eigenvalue weighted by Crippen LogP contribution is -2.03. The van der Waals surface area contributed by atoms with Gasteiger partial charge in [-0.2, -0.15) is 0 Å². The van der Waals surface area contributed by atoms with Crippen LogP contribution >= 0.6 is 0 Å². The van der Waals surface area contributed by atoms with Crippen molar-refractivity contribution in [2.75, 3.05) is 14.2 Å². The van der Waals surface area contributed by atoms with Gasteiger partial charge in [0.05, 0.1) is 19.8 Å². The number of benzene rings is 1. The highest BCUT2D eigenvalue weighted by Gasteiger charge is 2.10. The molecule has 3 nitrogen and oxygen atoms in total. The quantitative estimate of drug-likeness (QED) is 0.548. The Morgan fingerprint density at radius 3 is 2.56 bits per heavy atom. The molecule has 0 aliphatic rings. The van der Waals surface area contributed by atoms with E-state index in [0.717, 1.165) is 24.2 Å². The molecule has 0 saturated carbocycles. The van der Waals surface area contributed by atoms with Crippen LogP contribution in [-0.4, -0.2) is 20.2 Å². The predicted molar refractivity (Wildman–Crippen MR) is 72.2 cm³/mol. The van der Waals surface area contributed by atoms with E-state index < -0.39 is 0 Å². The second-order valence-corrected chi connectivity index (χ2v) is 4.33. The fourth-order valence-electron chi connectivity index (χ4n) is 1.96. The van der Waals surface area contributed by atoms with Gasteiger partial charge >= 0.3 is 5.97 Å². The second-order valence-electron chi connectivity index (χ2n) is 4.33. The third-order valence-corrected chi connectivity index (χ3v) is 3.00. The van der Waals surface area contributed by atoms with Crippen LogP contribution in [0.25, 0.3) is 0 Å². The van der Waals surface area contributed by atoms with Crippen LogP contribution in [-0.2, 0) is 11.2 Å². The molecule has 1 rings (SSSR count). The van der Waals surface area contributed by atoms with Crippen molar-refractivity contribution in [3.05, 3.63) is 29.3 Å². The Morgan fingerprint density at radius 1 is 1.17 bits per heavy atom. The van der Waals surface area contributed by atoms with Gasteiger partial charge < -0.3 is 9.47 Å². The van der Waals surface area contributed by atoms with Crippen LogP contribution in [0.4, 0.5) is 0 Å². The van der Waals surface area contributed by atoms with Gasteiger partial charge in [-0.25, -0.2) is 4.79 Å². The minimum absolute atomic E-state index is 0.299. The van der Waals surface area contributed by atoms with E-state index in [1.54, 1.807) is 13.2 Å². The predicted octanol–water partition coefficient (Wildman–Crippen LogP) is 3.60. The molecule has 0 saturated heterocycles. The van der Waals surface area contributed by atoms with Crippen molar-refractivity contribution in [1.29, 1.82) is 0 Å². The lowest BCUT2D eigenvalue weighted by Gasteiger charge is -2.10. The Kier molecular flexibility index (Phi) is 6.26. The molecule has 0 bridgehead atoms. The highest BCUT2D eigenvalue weighted by molar-refractivity contribution is 5.89.